The highest BCUT2D eigenvalue weighted by Gasteiger charge is 2.20. The van der Waals surface area contributed by atoms with Crippen LogP contribution in [0.25, 0.3) is 11.3 Å². The number of rotatable bonds is 8. The molecule has 3 rings (SSSR count). The fourth-order valence-corrected chi connectivity index (χ4v) is 3.39. The summed E-state index contributed by atoms with van der Waals surface area (Å²) in [6.07, 6.45) is 0. The summed E-state index contributed by atoms with van der Waals surface area (Å²) in [5.41, 5.74) is -0.180. The third kappa shape index (κ3) is 5.40. The van der Waals surface area contributed by atoms with Gasteiger partial charge in [-0.15, -0.1) is 11.3 Å². The summed E-state index contributed by atoms with van der Waals surface area (Å²) in [6, 6.07) is 9.23. The number of nitro benzene ring substituents is 1. The van der Waals surface area contributed by atoms with E-state index >= 15 is 0 Å². The van der Waals surface area contributed by atoms with Crippen LogP contribution in [0.2, 0.25) is 0 Å². The molecule has 12 heteroatoms. The Morgan fingerprint density at radius 2 is 1.94 bits per heavy atom. The Balaban J connectivity index is 1.86. The first-order chi connectivity index (χ1) is 15.3. The molecule has 3 aromatic rings. The van der Waals surface area contributed by atoms with Crippen LogP contribution in [0.15, 0.2) is 47.8 Å². The van der Waals surface area contributed by atoms with Gasteiger partial charge in [0.15, 0.2) is 5.13 Å². The van der Waals surface area contributed by atoms with Crippen molar-refractivity contribution in [1.82, 2.24) is 4.98 Å². The highest BCUT2D eigenvalue weighted by molar-refractivity contribution is 7.14. The minimum Gasteiger partial charge on any atom is -0.462 e. The third-order valence-electron chi connectivity index (χ3n) is 4.01. The molecule has 1 aromatic heterocycles. The summed E-state index contributed by atoms with van der Waals surface area (Å²) in [6.45, 7) is -1.38. The summed E-state index contributed by atoms with van der Waals surface area (Å²) in [5.74, 6) is -1.64. The lowest BCUT2D eigenvalue weighted by Crippen LogP contribution is -2.14. The Labute approximate surface area is 183 Å². The molecular formula is C20H15F2N3O6S. The van der Waals surface area contributed by atoms with Crippen LogP contribution in [0.3, 0.4) is 0 Å². The second kappa shape index (κ2) is 9.92. The number of carbonyl (C=O) groups is 2. The predicted octanol–water partition coefficient (Wildman–Crippen LogP) is 4.75. The topological polar surface area (TPSA) is 121 Å². The lowest BCUT2D eigenvalue weighted by molar-refractivity contribution is -0.384. The van der Waals surface area contributed by atoms with Crippen molar-refractivity contribution in [1.29, 1.82) is 0 Å². The van der Waals surface area contributed by atoms with Gasteiger partial charge in [-0.1, -0.05) is 12.1 Å². The average molecular weight is 463 g/mol. The van der Waals surface area contributed by atoms with E-state index in [1.807, 2.05) is 0 Å². The zero-order chi connectivity index (χ0) is 23.3. The first kappa shape index (κ1) is 22.7. The lowest BCUT2D eigenvalue weighted by atomic mass is 10.1. The van der Waals surface area contributed by atoms with Gasteiger partial charge in [-0.25, -0.2) is 9.78 Å². The highest BCUT2D eigenvalue weighted by Crippen LogP contribution is 2.33. The van der Waals surface area contributed by atoms with Crippen LogP contribution < -0.4 is 10.1 Å². The normalized spacial score (nSPS) is 10.6. The summed E-state index contributed by atoms with van der Waals surface area (Å²) in [4.78, 5) is 39.2. The average Bonchev–Trinajstić information content (AvgIpc) is 3.21. The van der Waals surface area contributed by atoms with E-state index in [0.717, 1.165) is 23.5 Å². The monoisotopic (exact) mass is 463 g/mol. The largest absolute Gasteiger partial charge is 0.462 e. The van der Waals surface area contributed by atoms with E-state index in [1.165, 1.54) is 29.6 Å². The summed E-state index contributed by atoms with van der Waals surface area (Å²) in [5, 5.41) is 15.3. The number of alkyl halides is 2. The number of halogens is 2. The van der Waals surface area contributed by atoms with E-state index in [4.69, 9.17) is 4.74 Å². The number of aromatic nitrogens is 1. The molecule has 1 N–H and O–H groups in total. The van der Waals surface area contributed by atoms with Crippen LogP contribution in [0.4, 0.5) is 19.6 Å². The number of nitrogens with zero attached hydrogens (tertiary/aromatic N) is 2. The molecule has 0 radical (unpaired) electrons. The number of benzene rings is 2. The zero-order valence-electron chi connectivity index (χ0n) is 16.4. The third-order valence-corrected chi connectivity index (χ3v) is 4.76. The van der Waals surface area contributed by atoms with Crippen molar-refractivity contribution >= 4 is 34.0 Å². The van der Waals surface area contributed by atoms with Crippen molar-refractivity contribution in [2.24, 2.45) is 0 Å². The number of thiazole rings is 1. The second-order valence-corrected chi connectivity index (χ2v) is 6.97. The van der Waals surface area contributed by atoms with Crippen molar-refractivity contribution in [2.45, 2.75) is 13.5 Å². The quantitative estimate of drug-likeness (QED) is 0.291. The Morgan fingerprint density at radius 1 is 1.22 bits per heavy atom. The van der Waals surface area contributed by atoms with Gasteiger partial charge in [0.2, 0.25) is 0 Å². The van der Waals surface area contributed by atoms with E-state index in [1.54, 1.807) is 13.0 Å². The van der Waals surface area contributed by atoms with Crippen molar-refractivity contribution in [3.63, 3.8) is 0 Å². The molecule has 1 amide bonds. The molecule has 0 saturated carbocycles. The molecule has 0 unspecified atom stereocenters. The van der Waals surface area contributed by atoms with Crippen molar-refractivity contribution < 1.29 is 32.8 Å². The fraction of sp³-hybridized carbons (Fsp3) is 0.150. The van der Waals surface area contributed by atoms with Gasteiger partial charge in [0.25, 0.3) is 11.6 Å². The standard InChI is InChI=1S/C20H15F2N3O6S/c1-2-30-18(27)12-7-11(8-13(9-12)25(28)29)17(26)24-20-23-15(10-32-20)14-5-3-4-6-16(14)31-19(21)22/h3-10,19H,2H2,1H3,(H,23,24,26). The molecule has 32 heavy (non-hydrogen) atoms. The van der Waals surface area contributed by atoms with Gasteiger partial charge in [0, 0.05) is 28.6 Å². The number of para-hydroxylation sites is 1. The van der Waals surface area contributed by atoms with Gasteiger partial charge in [-0.3, -0.25) is 20.2 Å². The van der Waals surface area contributed by atoms with Crippen molar-refractivity contribution in [3.8, 4) is 17.0 Å². The SMILES string of the molecule is CCOC(=O)c1cc(C(=O)Nc2nc(-c3ccccc3OC(F)F)cs2)cc([N+](=O)[O-])c1. The van der Waals surface area contributed by atoms with Crippen LogP contribution in [0.1, 0.15) is 27.6 Å². The van der Waals surface area contributed by atoms with Gasteiger partial charge in [0.1, 0.15) is 5.75 Å². The Bertz CT molecular complexity index is 1170. The van der Waals surface area contributed by atoms with Gasteiger partial charge in [0.05, 0.1) is 22.8 Å². The first-order valence-corrected chi connectivity index (χ1v) is 9.94. The van der Waals surface area contributed by atoms with Gasteiger partial charge >= 0.3 is 12.6 Å². The lowest BCUT2D eigenvalue weighted by Gasteiger charge is -2.08. The number of esters is 1. The van der Waals surface area contributed by atoms with Gasteiger partial charge < -0.3 is 9.47 Å². The summed E-state index contributed by atoms with van der Waals surface area (Å²) >= 11 is 1.01. The number of nitrogens with one attached hydrogen (secondary N) is 1. The Kier molecular flexibility index (Phi) is 7.05. The molecular weight excluding hydrogens is 448 g/mol. The van der Waals surface area contributed by atoms with E-state index in [0.29, 0.717) is 5.56 Å². The molecule has 9 nitrogen and oxygen atoms in total. The molecule has 166 valence electrons. The van der Waals surface area contributed by atoms with Crippen molar-refractivity contribution in [2.75, 3.05) is 11.9 Å². The number of nitro groups is 1. The zero-order valence-corrected chi connectivity index (χ0v) is 17.2. The Morgan fingerprint density at radius 3 is 2.62 bits per heavy atom. The molecule has 0 aliphatic carbocycles. The molecule has 0 spiro atoms. The van der Waals surface area contributed by atoms with Crippen LogP contribution in [-0.4, -0.2) is 35.0 Å². The number of carbonyl (C=O) groups excluding carboxylic acids is 2. The fourth-order valence-electron chi connectivity index (χ4n) is 2.68. The van der Waals surface area contributed by atoms with E-state index in [9.17, 15) is 28.5 Å². The Hall–Kier alpha value is -3.93. The predicted molar refractivity (Wildman–Crippen MR) is 111 cm³/mol. The smallest absolute Gasteiger partial charge is 0.387 e. The number of hydrogen-bond acceptors (Lipinski definition) is 8. The van der Waals surface area contributed by atoms with Crippen LogP contribution in [-0.2, 0) is 4.74 Å². The minimum absolute atomic E-state index is 0.0572. The van der Waals surface area contributed by atoms with E-state index in [-0.39, 0.29) is 34.3 Å². The number of amides is 1. The number of ether oxygens (including phenoxy) is 2. The van der Waals surface area contributed by atoms with Crippen LogP contribution in [0, 0.1) is 10.1 Å². The minimum atomic E-state index is -3.02. The van der Waals surface area contributed by atoms with Gasteiger partial charge in [-0.2, -0.15) is 8.78 Å². The van der Waals surface area contributed by atoms with Crippen LogP contribution >= 0.6 is 11.3 Å². The van der Waals surface area contributed by atoms with Crippen molar-refractivity contribution in [3.05, 3.63) is 69.1 Å². The first-order valence-electron chi connectivity index (χ1n) is 9.06. The van der Waals surface area contributed by atoms with Gasteiger partial charge in [-0.05, 0) is 25.1 Å². The number of non-ortho nitro benzene ring substituents is 1. The molecule has 0 aliphatic heterocycles. The highest BCUT2D eigenvalue weighted by atomic mass is 32.1. The molecule has 2 aromatic carbocycles. The second-order valence-electron chi connectivity index (χ2n) is 6.11. The molecule has 0 aliphatic rings. The maximum absolute atomic E-state index is 12.6. The summed E-state index contributed by atoms with van der Waals surface area (Å²) < 4.78 is 34.6. The maximum Gasteiger partial charge on any atom is 0.387 e. The molecule has 0 fully saturated rings. The molecule has 0 atom stereocenters. The summed E-state index contributed by atoms with van der Waals surface area (Å²) in [7, 11) is 0. The number of hydrogen-bond donors (Lipinski definition) is 1. The molecule has 0 bridgehead atoms. The number of anilines is 1. The molecule has 1 heterocycles. The maximum atomic E-state index is 12.6. The molecule has 0 saturated heterocycles. The van der Waals surface area contributed by atoms with E-state index in [2.05, 4.69) is 15.0 Å². The van der Waals surface area contributed by atoms with Crippen LogP contribution in [0.5, 0.6) is 5.75 Å². The van der Waals surface area contributed by atoms with E-state index < -0.39 is 29.1 Å².